The number of hydrogen-bond donors (Lipinski definition) is 1. The molecule has 0 saturated heterocycles. The molecular weight excluding hydrogens is 318 g/mol. The van der Waals surface area contributed by atoms with Crippen LogP contribution in [0.15, 0.2) is 0 Å². The van der Waals surface area contributed by atoms with Crippen molar-refractivity contribution in [3.63, 3.8) is 0 Å². The summed E-state index contributed by atoms with van der Waals surface area (Å²) in [5, 5.41) is 3.43. The molecule has 1 N–H and O–H groups in total. The van der Waals surface area contributed by atoms with Crippen LogP contribution in [0.1, 0.15) is 42.0 Å². The molecule has 1 nitrogen and oxygen atoms in total. The Hall–Kier alpha value is 0.648. The largest absolute Gasteiger partial charge is 0.316 e. The van der Waals surface area contributed by atoms with Crippen LogP contribution in [0.3, 0.4) is 0 Å². The molecule has 0 aromatic heterocycles. The van der Waals surface area contributed by atoms with Gasteiger partial charge >= 0.3 is 0 Å². The van der Waals surface area contributed by atoms with E-state index in [4.69, 9.17) is 0 Å². The third-order valence-electron chi connectivity index (χ3n) is 2.11. The first-order valence-electron chi connectivity index (χ1n) is 5.05. The van der Waals surface area contributed by atoms with Crippen molar-refractivity contribution in [2.75, 3.05) is 13.1 Å². The quantitative estimate of drug-likeness (QED) is 0.774. The maximum atomic E-state index is 3.43. The number of hydrogen-bond acceptors (Lipinski definition) is 1. The first-order valence-corrected chi connectivity index (χ1v) is 5.05. The minimum absolute atomic E-state index is 0. The van der Waals surface area contributed by atoms with Crippen molar-refractivity contribution in [1.29, 1.82) is 0 Å². The van der Waals surface area contributed by atoms with Gasteiger partial charge in [-0.25, -0.2) is 0 Å². The summed E-state index contributed by atoms with van der Waals surface area (Å²) in [6, 6.07) is 0. The molecule has 1 saturated carbocycles. The van der Waals surface area contributed by atoms with Gasteiger partial charge in [-0.05, 0) is 37.8 Å². The molecule has 0 aromatic rings. The van der Waals surface area contributed by atoms with Crippen LogP contribution in [0, 0.1) is 11.8 Å². The second kappa shape index (κ2) is 9.73. The van der Waals surface area contributed by atoms with Gasteiger partial charge in [0.25, 0.3) is 0 Å². The van der Waals surface area contributed by atoms with Gasteiger partial charge in [-0.15, -0.1) is 0 Å². The van der Waals surface area contributed by atoms with Crippen molar-refractivity contribution in [3.05, 3.63) is 0 Å². The van der Waals surface area contributed by atoms with Crippen molar-refractivity contribution < 1.29 is 22.5 Å². The van der Waals surface area contributed by atoms with E-state index in [0.29, 0.717) is 0 Å². The molecule has 1 rings (SSSR count). The van der Waals surface area contributed by atoms with Crippen molar-refractivity contribution in [3.8, 4) is 0 Å². The van der Waals surface area contributed by atoms with Crippen molar-refractivity contribution in [2.45, 2.75) is 40.5 Å². The van der Waals surface area contributed by atoms with Gasteiger partial charge in [0.15, 0.2) is 0 Å². The monoisotopic (exact) mass is 343 g/mol. The molecule has 0 bridgehead atoms. The van der Waals surface area contributed by atoms with Crippen LogP contribution in [0.2, 0.25) is 0 Å². The maximum Gasteiger partial charge on any atom is 0 e. The average molecular weight is 343 g/mol. The number of nitrogens with one attached hydrogen (secondary N) is 1. The SMILES string of the molecule is CC.CCCNCC1CC1C.[HH].[W]. The van der Waals surface area contributed by atoms with Crippen molar-refractivity contribution in [2.24, 2.45) is 11.8 Å². The zero-order chi connectivity index (χ0) is 8.69. The first kappa shape index (κ1) is 15.1. The van der Waals surface area contributed by atoms with Gasteiger partial charge in [0.1, 0.15) is 0 Å². The molecule has 12 heavy (non-hydrogen) atoms. The predicted octanol–water partition coefficient (Wildman–Crippen LogP) is 2.91. The molecule has 2 atom stereocenters. The van der Waals surface area contributed by atoms with Gasteiger partial charge in [-0.2, -0.15) is 0 Å². The minimum Gasteiger partial charge on any atom is -0.316 e. The second-order valence-corrected chi connectivity index (χ2v) is 3.18. The van der Waals surface area contributed by atoms with E-state index < -0.39 is 0 Å². The van der Waals surface area contributed by atoms with Crippen molar-refractivity contribution in [1.82, 2.24) is 5.32 Å². The summed E-state index contributed by atoms with van der Waals surface area (Å²) in [4.78, 5) is 0. The van der Waals surface area contributed by atoms with Crippen LogP contribution in [0.5, 0.6) is 0 Å². The second-order valence-electron chi connectivity index (χ2n) is 3.18. The maximum absolute atomic E-state index is 3.43. The van der Waals surface area contributed by atoms with E-state index >= 15 is 0 Å². The summed E-state index contributed by atoms with van der Waals surface area (Å²) in [7, 11) is 0. The molecule has 76 valence electrons. The van der Waals surface area contributed by atoms with E-state index in [-0.39, 0.29) is 22.5 Å². The van der Waals surface area contributed by atoms with Gasteiger partial charge in [-0.1, -0.05) is 27.7 Å². The van der Waals surface area contributed by atoms with E-state index in [2.05, 4.69) is 19.2 Å². The van der Waals surface area contributed by atoms with E-state index in [1.807, 2.05) is 13.8 Å². The molecule has 0 aromatic carbocycles. The molecule has 0 heterocycles. The van der Waals surface area contributed by atoms with Crippen LogP contribution in [0.4, 0.5) is 0 Å². The Morgan fingerprint density at radius 1 is 1.42 bits per heavy atom. The fraction of sp³-hybridized carbons (Fsp3) is 1.00. The van der Waals surface area contributed by atoms with Crippen LogP contribution in [-0.4, -0.2) is 13.1 Å². The first-order chi connectivity index (χ1) is 5.34. The topological polar surface area (TPSA) is 12.0 Å². The Balaban J connectivity index is -0.000000234. The molecular formula is C10H25NW. The van der Waals surface area contributed by atoms with Crippen LogP contribution in [-0.2, 0) is 21.1 Å². The molecule has 2 heteroatoms. The molecule has 0 radical (unpaired) electrons. The van der Waals surface area contributed by atoms with E-state index in [9.17, 15) is 0 Å². The third-order valence-corrected chi connectivity index (χ3v) is 2.11. The molecule has 2 unspecified atom stereocenters. The fourth-order valence-corrected chi connectivity index (χ4v) is 1.15. The van der Waals surface area contributed by atoms with Crippen LogP contribution < -0.4 is 5.32 Å². The normalized spacial score (nSPS) is 25.0. The third kappa shape index (κ3) is 7.31. The number of rotatable bonds is 4. The van der Waals surface area contributed by atoms with Crippen molar-refractivity contribution >= 4 is 0 Å². The zero-order valence-corrected chi connectivity index (χ0v) is 11.8. The molecule has 0 amide bonds. The molecule has 0 aliphatic heterocycles. The Morgan fingerprint density at radius 2 is 1.92 bits per heavy atom. The van der Waals surface area contributed by atoms with Gasteiger partial charge in [0.2, 0.25) is 0 Å². The van der Waals surface area contributed by atoms with E-state index in [0.717, 1.165) is 11.8 Å². The minimum atomic E-state index is 0. The molecule has 1 aliphatic carbocycles. The van der Waals surface area contributed by atoms with Gasteiger partial charge in [-0.3, -0.25) is 0 Å². The average Bonchev–Trinajstić information content (AvgIpc) is 2.72. The summed E-state index contributed by atoms with van der Waals surface area (Å²) < 4.78 is 0. The summed E-state index contributed by atoms with van der Waals surface area (Å²) in [5.74, 6) is 2.02. The Kier molecular flexibility index (Phi) is 12.3. The summed E-state index contributed by atoms with van der Waals surface area (Å²) in [5.41, 5.74) is 0. The molecule has 1 aliphatic rings. The smallest absolute Gasteiger partial charge is 0 e. The summed E-state index contributed by atoms with van der Waals surface area (Å²) >= 11 is 0. The summed E-state index contributed by atoms with van der Waals surface area (Å²) in [6.07, 6.45) is 2.72. The summed E-state index contributed by atoms with van der Waals surface area (Å²) in [6.45, 7) is 11.0. The van der Waals surface area contributed by atoms with E-state index in [1.165, 1.54) is 25.9 Å². The Bertz CT molecular complexity index is 91.0. The Morgan fingerprint density at radius 3 is 2.25 bits per heavy atom. The Labute approximate surface area is 93.4 Å². The van der Waals surface area contributed by atoms with Gasteiger partial charge in [0, 0.05) is 22.5 Å². The van der Waals surface area contributed by atoms with E-state index in [1.54, 1.807) is 0 Å². The molecule has 1 fully saturated rings. The van der Waals surface area contributed by atoms with Gasteiger partial charge in [0.05, 0.1) is 0 Å². The van der Waals surface area contributed by atoms with Gasteiger partial charge < -0.3 is 5.32 Å². The van der Waals surface area contributed by atoms with Crippen LogP contribution in [0.25, 0.3) is 0 Å². The standard InChI is InChI=1S/C8H17N.C2H6.W.H2/c1-3-4-9-6-8-5-7(8)2;1-2;;/h7-9H,3-6H2,1-2H3;1-2H3;;1H. The fourth-order valence-electron chi connectivity index (χ4n) is 1.15. The predicted molar refractivity (Wildman–Crippen MR) is 53.9 cm³/mol. The van der Waals surface area contributed by atoms with Crippen LogP contribution >= 0.6 is 0 Å². The zero-order valence-electron chi connectivity index (χ0n) is 8.89. The molecule has 0 spiro atoms.